The van der Waals surface area contributed by atoms with Gasteiger partial charge in [0.1, 0.15) is 5.75 Å². The molecule has 0 unspecified atom stereocenters. The Bertz CT molecular complexity index is 462. The molecule has 0 atom stereocenters. The smallest absolute Gasteiger partial charge is 0.134 e. The predicted molar refractivity (Wildman–Crippen MR) is 67.4 cm³/mol. The second-order valence-corrected chi connectivity index (χ2v) is 5.00. The van der Waals surface area contributed by atoms with E-state index in [-0.39, 0.29) is 0 Å². The van der Waals surface area contributed by atoms with E-state index in [0.717, 1.165) is 15.5 Å². The molecule has 4 heteroatoms. The van der Waals surface area contributed by atoms with E-state index in [0.29, 0.717) is 0 Å². The Hall–Kier alpha value is -0.320. The van der Waals surface area contributed by atoms with E-state index >= 15 is 0 Å². The van der Waals surface area contributed by atoms with E-state index < -0.39 is 0 Å². The lowest BCUT2D eigenvalue weighted by atomic mass is 10.2. The Morgan fingerprint density at radius 3 is 2.93 bits per heavy atom. The third kappa shape index (κ3) is 1.51. The summed E-state index contributed by atoms with van der Waals surface area (Å²) in [6.07, 6.45) is 2.04. The predicted octanol–water partition coefficient (Wildman–Crippen LogP) is 3.92. The molecule has 74 valence electrons. The molecule has 2 aromatic rings. The lowest BCUT2D eigenvalue weighted by Gasteiger charge is -2.09. The second-order valence-electron chi connectivity index (χ2n) is 2.79. The van der Waals surface area contributed by atoms with Crippen molar-refractivity contribution in [3.8, 4) is 5.75 Å². The Kier molecular flexibility index (Phi) is 2.95. The Morgan fingerprint density at radius 2 is 2.29 bits per heavy atom. The maximum Gasteiger partial charge on any atom is 0.134 e. The molecule has 1 heterocycles. The first-order valence-corrected chi connectivity index (χ1v) is 6.64. The zero-order valence-corrected chi connectivity index (χ0v) is 10.4. The fourth-order valence-corrected chi connectivity index (χ4v) is 3.53. The molecule has 0 bridgehead atoms. The number of hydrogen-bond donors (Lipinski definition) is 1. The minimum Gasteiger partial charge on any atom is -0.495 e. The van der Waals surface area contributed by atoms with Crippen LogP contribution in [-0.4, -0.2) is 13.4 Å². The average molecular weight is 242 g/mol. The molecule has 2 rings (SSSR count). The lowest BCUT2D eigenvalue weighted by molar-refractivity contribution is 0.403. The molecular weight excluding hydrogens is 232 g/mol. The molecule has 1 nitrogen and oxygen atoms in total. The number of thioether (sulfide) groups is 1. The van der Waals surface area contributed by atoms with Crippen molar-refractivity contribution in [1.29, 1.82) is 0 Å². The zero-order chi connectivity index (χ0) is 10.1. The average Bonchev–Trinajstić information content (AvgIpc) is 2.65. The number of benzene rings is 1. The highest BCUT2D eigenvalue weighted by Crippen LogP contribution is 2.40. The van der Waals surface area contributed by atoms with Crippen molar-refractivity contribution >= 4 is 45.8 Å². The molecule has 0 amide bonds. The monoisotopic (exact) mass is 242 g/mol. The van der Waals surface area contributed by atoms with Gasteiger partial charge in [0, 0.05) is 15.0 Å². The standard InChI is InChI=1S/C10H10OS3/c1-11-7-5-8-6(3-4-14-8)9(12)10(7)13-2/h3-5,12H,1-2H3. The molecule has 0 N–H and O–H groups in total. The largest absolute Gasteiger partial charge is 0.495 e. The summed E-state index contributed by atoms with van der Waals surface area (Å²) >= 11 is 7.92. The van der Waals surface area contributed by atoms with Gasteiger partial charge in [0.05, 0.1) is 12.0 Å². The van der Waals surface area contributed by atoms with Crippen LogP contribution in [0.4, 0.5) is 0 Å². The van der Waals surface area contributed by atoms with Crippen molar-refractivity contribution in [3.05, 3.63) is 17.5 Å². The van der Waals surface area contributed by atoms with Gasteiger partial charge in [-0.15, -0.1) is 35.7 Å². The maximum atomic E-state index is 5.33. The molecule has 0 saturated heterocycles. The fourth-order valence-electron chi connectivity index (χ4n) is 1.40. The van der Waals surface area contributed by atoms with Crippen molar-refractivity contribution in [3.63, 3.8) is 0 Å². The van der Waals surface area contributed by atoms with Crippen molar-refractivity contribution in [2.24, 2.45) is 0 Å². The molecule has 0 spiro atoms. The van der Waals surface area contributed by atoms with E-state index in [1.807, 2.05) is 6.26 Å². The summed E-state index contributed by atoms with van der Waals surface area (Å²) in [5.41, 5.74) is 0. The molecule has 0 fully saturated rings. The van der Waals surface area contributed by atoms with E-state index in [4.69, 9.17) is 4.74 Å². The van der Waals surface area contributed by atoms with Gasteiger partial charge in [0.2, 0.25) is 0 Å². The van der Waals surface area contributed by atoms with Gasteiger partial charge >= 0.3 is 0 Å². The van der Waals surface area contributed by atoms with Crippen molar-refractivity contribution in [2.45, 2.75) is 9.79 Å². The maximum absolute atomic E-state index is 5.33. The molecule has 14 heavy (non-hydrogen) atoms. The molecule has 1 aromatic heterocycles. The van der Waals surface area contributed by atoms with Gasteiger partial charge in [0.15, 0.2) is 0 Å². The first-order chi connectivity index (χ1) is 6.77. The Labute approximate surface area is 96.9 Å². The van der Waals surface area contributed by atoms with Crippen LogP contribution in [0.3, 0.4) is 0 Å². The summed E-state index contributed by atoms with van der Waals surface area (Å²) < 4.78 is 6.56. The molecule has 0 aliphatic heterocycles. The lowest BCUT2D eigenvalue weighted by Crippen LogP contribution is -1.87. The molecule has 1 aromatic carbocycles. The number of ether oxygens (including phenoxy) is 1. The van der Waals surface area contributed by atoms with Gasteiger partial charge in [0.25, 0.3) is 0 Å². The van der Waals surface area contributed by atoms with Crippen LogP contribution in [0.15, 0.2) is 27.3 Å². The summed E-state index contributed by atoms with van der Waals surface area (Å²) in [7, 11) is 1.70. The summed E-state index contributed by atoms with van der Waals surface area (Å²) in [6.45, 7) is 0. The van der Waals surface area contributed by atoms with Crippen LogP contribution in [0.25, 0.3) is 10.1 Å². The first kappa shape index (κ1) is 10.2. The number of thiophene rings is 1. The van der Waals surface area contributed by atoms with Crippen LogP contribution in [0, 0.1) is 0 Å². The first-order valence-electron chi connectivity index (χ1n) is 4.09. The fraction of sp³-hybridized carbons (Fsp3) is 0.200. The number of methoxy groups -OCH3 is 1. The summed E-state index contributed by atoms with van der Waals surface area (Å²) in [5.74, 6) is 0.914. The summed E-state index contributed by atoms with van der Waals surface area (Å²) in [4.78, 5) is 2.13. The highest BCUT2D eigenvalue weighted by molar-refractivity contribution is 7.99. The Morgan fingerprint density at radius 1 is 1.50 bits per heavy atom. The van der Waals surface area contributed by atoms with Crippen LogP contribution in [0.1, 0.15) is 0 Å². The third-order valence-corrected chi connectivity index (χ3v) is 4.37. The molecule has 0 aliphatic carbocycles. The SMILES string of the molecule is COc1cc2sccc2c(S)c1SC. The number of rotatable bonds is 2. The van der Waals surface area contributed by atoms with E-state index in [9.17, 15) is 0 Å². The Balaban J connectivity index is 2.79. The van der Waals surface area contributed by atoms with E-state index in [2.05, 4.69) is 30.1 Å². The number of hydrogen-bond acceptors (Lipinski definition) is 4. The minimum absolute atomic E-state index is 0.914. The zero-order valence-electron chi connectivity index (χ0n) is 7.90. The molecule has 0 saturated carbocycles. The van der Waals surface area contributed by atoms with Crippen LogP contribution < -0.4 is 4.74 Å². The van der Waals surface area contributed by atoms with Crippen LogP contribution in [0.2, 0.25) is 0 Å². The molecular formula is C10H10OS3. The van der Waals surface area contributed by atoms with Gasteiger partial charge in [-0.1, -0.05) is 0 Å². The van der Waals surface area contributed by atoms with Gasteiger partial charge in [-0.25, -0.2) is 0 Å². The highest BCUT2D eigenvalue weighted by atomic mass is 32.2. The van der Waals surface area contributed by atoms with E-state index in [1.54, 1.807) is 30.2 Å². The van der Waals surface area contributed by atoms with E-state index in [1.165, 1.54) is 10.1 Å². The van der Waals surface area contributed by atoms with Gasteiger partial charge in [-0.05, 0) is 23.8 Å². The highest BCUT2D eigenvalue weighted by Gasteiger charge is 2.11. The van der Waals surface area contributed by atoms with Crippen LogP contribution in [0.5, 0.6) is 5.75 Å². The van der Waals surface area contributed by atoms with Gasteiger partial charge in [-0.3, -0.25) is 0 Å². The normalized spacial score (nSPS) is 10.8. The van der Waals surface area contributed by atoms with Crippen LogP contribution >= 0.6 is 35.7 Å². The van der Waals surface area contributed by atoms with Crippen molar-refractivity contribution < 1.29 is 4.74 Å². The van der Waals surface area contributed by atoms with Gasteiger partial charge < -0.3 is 4.74 Å². The quantitative estimate of drug-likeness (QED) is 0.631. The number of fused-ring (bicyclic) bond motifs is 1. The molecule has 0 aliphatic rings. The summed E-state index contributed by atoms with van der Waals surface area (Å²) in [6, 6.07) is 4.17. The van der Waals surface area contributed by atoms with Gasteiger partial charge in [-0.2, -0.15) is 0 Å². The third-order valence-electron chi connectivity index (χ3n) is 2.08. The molecule has 0 radical (unpaired) electrons. The van der Waals surface area contributed by atoms with Crippen molar-refractivity contribution in [1.82, 2.24) is 0 Å². The summed E-state index contributed by atoms with van der Waals surface area (Å²) in [5, 5.41) is 3.29. The second kappa shape index (κ2) is 4.04. The minimum atomic E-state index is 0.914. The number of thiol groups is 1. The van der Waals surface area contributed by atoms with Crippen molar-refractivity contribution in [2.75, 3.05) is 13.4 Å². The van der Waals surface area contributed by atoms with Crippen LogP contribution in [-0.2, 0) is 0 Å². The topological polar surface area (TPSA) is 9.23 Å².